The highest BCUT2D eigenvalue weighted by molar-refractivity contribution is 5.62. The van der Waals surface area contributed by atoms with E-state index in [4.69, 9.17) is 4.42 Å². The Morgan fingerprint density at radius 2 is 1.73 bits per heavy atom. The molecule has 1 heteroatoms. The Morgan fingerprint density at radius 3 is 2.27 bits per heavy atom. The lowest BCUT2D eigenvalue weighted by Crippen LogP contribution is -1.93. The number of rotatable bonds is 3. The molecule has 2 aromatic rings. The lowest BCUT2D eigenvalue weighted by atomic mass is 10.0. The Bertz CT molecular complexity index is 395. The minimum absolute atomic E-state index is 0.713. The number of hydrogen-bond acceptors (Lipinski definition) is 1. The third-order valence-corrected chi connectivity index (χ3v) is 2.45. The van der Waals surface area contributed by atoms with E-state index in [0.717, 1.165) is 12.0 Å². The molecule has 0 spiro atoms. The molecule has 0 saturated heterocycles. The van der Waals surface area contributed by atoms with E-state index < -0.39 is 0 Å². The van der Waals surface area contributed by atoms with Crippen LogP contribution in [0.25, 0.3) is 11.1 Å². The molecule has 0 aliphatic heterocycles. The predicted octanol–water partition coefficient (Wildman–Crippen LogP) is 4.15. The van der Waals surface area contributed by atoms with Crippen LogP contribution >= 0.6 is 0 Å². The normalized spacial score (nSPS) is 10.9. The highest BCUT2D eigenvalue weighted by Gasteiger charge is 2.00. The van der Waals surface area contributed by atoms with Gasteiger partial charge in [0.05, 0.1) is 12.5 Å². The molecule has 0 radical (unpaired) electrons. The summed E-state index contributed by atoms with van der Waals surface area (Å²) < 4.78 is 5.06. The highest BCUT2D eigenvalue weighted by atomic mass is 16.3. The van der Waals surface area contributed by atoms with E-state index in [1.54, 1.807) is 12.5 Å². The zero-order chi connectivity index (χ0) is 10.7. The summed E-state index contributed by atoms with van der Waals surface area (Å²) in [6, 6.07) is 10.7. The van der Waals surface area contributed by atoms with Gasteiger partial charge in [-0.3, -0.25) is 0 Å². The molecule has 0 amide bonds. The van der Waals surface area contributed by atoms with Crippen LogP contribution in [-0.2, 0) is 6.42 Å². The molecule has 0 unspecified atom stereocenters. The zero-order valence-corrected chi connectivity index (χ0v) is 9.23. The second-order valence-electron chi connectivity index (χ2n) is 4.31. The summed E-state index contributed by atoms with van der Waals surface area (Å²) in [6.07, 6.45) is 4.63. The van der Waals surface area contributed by atoms with Gasteiger partial charge in [-0.05, 0) is 29.5 Å². The van der Waals surface area contributed by atoms with Crippen molar-refractivity contribution in [2.24, 2.45) is 5.92 Å². The smallest absolute Gasteiger partial charge is 0.0980 e. The first-order valence-corrected chi connectivity index (χ1v) is 5.37. The monoisotopic (exact) mass is 200 g/mol. The summed E-state index contributed by atoms with van der Waals surface area (Å²) in [7, 11) is 0. The molecular formula is C14H16O. The van der Waals surface area contributed by atoms with Crippen molar-refractivity contribution in [2.75, 3.05) is 0 Å². The Morgan fingerprint density at radius 1 is 1.00 bits per heavy atom. The zero-order valence-electron chi connectivity index (χ0n) is 9.23. The fourth-order valence-corrected chi connectivity index (χ4v) is 1.73. The van der Waals surface area contributed by atoms with Gasteiger partial charge in [-0.25, -0.2) is 0 Å². The van der Waals surface area contributed by atoms with Crippen molar-refractivity contribution in [3.05, 3.63) is 48.4 Å². The molecule has 0 atom stereocenters. The van der Waals surface area contributed by atoms with Crippen LogP contribution < -0.4 is 0 Å². The first-order chi connectivity index (χ1) is 7.25. The maximum atomic E-state index is 5.06. The van der Waals surface area contributed by atoms with Crippen LogP contribution in [-0.4, -0.2) is 0 Å². The highest BCUT2D eigenvalue weighted by Crippen LogP contribution is 2.20. The van der Waals surface area contributed by atoms with Crippen molar-refractivity contribution >= 4 is 0 Å². The summed E-state index contributed by atoms with van der Waals surface area (Å²) in [5.41, 5.74) is 3.76. The van der Waals surface area contributed by atoms with E-state index in [-0.39, 0.29) is 0 Å². The maximum Gasteiger partial charge on any atom is 0.0980 e. The molecular weight excluding hydrogens is 184 g/mol. The summed E-state index contributed by atoms with van der Waals surface area (Å²) in [6.45, 7) is 4.48. The summed E-state index contributed by atoms with van der Waals surface area (Å²) in [5.74, 6) is 0.713. The van der Waals surface area contributed by atoms with Gasteiger partial charge in [0.25, 0.3) is 0 Å². The molecule has 0 aliphatic carbocycles. The first kappa shape index (κ1) is 10.0. The molecule has 78 valence electrons. The standard InChI is InChI=1S/C14H16O/c1-11(2)9-12-3-5-13(6-4-12)14-7-8-15-10-14/h3-8,10-11H,9H2,1-2H3. The maximum absolute atomic E-state index is 5.06. The fourth-order valence-electron chi connectivity index (χ4n) is 1.73. The molecule has 1 heterocycles. The van der Waals surface area contributed by atoms with Crippen molar-refractivity contribution in [3.8, 4) is 11.1 Å². The Kier molecular flexibility index (Phi) is 2.91. The van der Waals surface area contributed by atoms with Crippen molar-refractivity contribution in [1.82, 2.24) is 0 Å². The molecule has 1 nitrogen and oxygen atoms in total. The van der Waals surface area contributed by atoms with Crippen LogP contribution in [0.15, 0.2) is 47.3 Å². The number of benzene rings is 1. The van der Waals surface area contributed by atoms with Crippen LogP contribution in [0.2, 0.25) is 0 Å². The van der Waals surface area contributed by atoms with E-state index in [1.165, 1.54) is 11.1 Å². The summed E-state index contributed by atoms with van der Waals surface area (Å²) in [4.78, 5) is 0. The molecule has 15 heavy (non-hydrogen) atoms. The van der Waals surface area contributed by atoms with Crippen molar-refractivity contribution in [3.63, 3.8) is 0 Å². The Labute approximate surface area is 90.7 Å². The van der Waals surface area contributed by atoms with Gasteiger partial charge in [0.15, 0.2) is 0 Å². The molecule has 0 saturated carbocycles. The number of furan rings is 1. The molecule has 0 aliphatic rings. The third kappa shape index (κ3) is 2.50. The van der Waals surface area contributed by atoms with E-state index in [1.807, 2.05) is 6.07 Å². The van der Waals surface area contributed by atoms with Gasteiger partial charge in [0.1, 0.15) is 0 Å². The SMILES string of the molecule is CC(C)Cc1ccc(-c2ccoc2)cc1. The Balaban J connectivity index is 2.17. The van der Waals surface area contributed by atoms with Gasteiger partial charge in [0.2, 0.25) is 0 Å². The number of hydrogen-bond donors (Lipinski definition) is 0. The van der Waals surface area contributed by atoms with Gasteiger partial charge in [-0.2, -0.15) is 0 Å². The first-order valence-electron chi connectivity index (χ1n) is 5.37. The van der Waals surface area contributed by atoms with Crippen molar-refractivity contribution in [2.45, 2.75) is 20.3 Å². The van der Waals surface area contributed by atoms with Crippen LogP contribution in [0.1, 0.15) is 19.4 Å². The van der Waals surface area contributed by atoms with Crippen LogP contribution in [0.3, 0.4) is 0 Å². The minimum Gasteiger partial charge on any atom is -0.472 e. The Hall–Kier alpha value is -1.50. The molecule has 0 fully saturated rings. The van der Waals surface area contributed by atoms with E-state index in [2.05, 4.69) is 38.1 Å². The third-order valence-electron chi connectivity index (χ3n) is 2.45. The summed E-state index contributed by atoms with van der Waals surface area (Å²) >= 11 is 0. The quantitative estimate of drug-likeness (QED) is 0.725. The van der Waals surface area contributed by atoms with Gasteiger partial charge in [-0.1, -0.05) is 38.1 Å². The molecule has 1 aromatic carbocycles. The predicted molar refractivity (Wildman–Crippen MR) is 62.7 cm³/mol. The fraction of sp³-hybridized carbons (Fsp3) is 0.286. The van der Waals surface area contributed by atoms with Crippen LogP contribution in [0.4, 0.5) is 0 Å². The molecule has 0 N–H and O–H groups in total. The van der Waals surface area contributed by atoms with E-state index in [9.17, 15) is 0 Å². The summed E-state index contributed by atoms with van der Waals surface area (Å²) in [5, 5.41) is 0. The average Bonchev–Trinajstić information content (AvgIpc) is 2.71. The average molecular weight is 200 g/mol. The molecule has 1 aromatic heterocycles. The van der Waals surface area contributed by atoms with Crippen molar-refractivity contribution in [1.29, 1.82) is 0 Å². The van der Waals surface area contributed by atoms with E-state index in [0.29, 0.717) is 5.92 Å². The van der Waals surface area contributed by atoms with Gasteiger partial charge >= 0.3 is 0 Å². The van der Waals surface area contributed by atoms with Gasteiger partial charge in [0, 0.05) is 5.56 Å². The second kappa shape index (κ2) is 4.35. The van der Waals surface area contributed by atoms with Crippen LogP contribution in [0.5, 0.6) is 0 Å². The molecule has 0 bridgehead atoms. The lowest BCUT2D eigenvalue weighted by molar-refractivity contribution is 0.568. The van der Waals surface area contributed by atoms with Crippen molar-refractivity contribution < 1.29 is 4.42 Å². The van der Waals surface area contributed by atoms with Crippen LogP contribution in [0, 0.1) is 5.92 Å². The van der Waals surface area contributed by atoms with Gasteiger partial charge < -0.3 is 4.42 Å². The van der Waals surface area contributed by atoms with Gasteiger partial charge in [-0.15, -0.1) is 0 Å². The van der Waals surface area contributed by atoms with E-state index >= 15 is 0 Å². The molecule has 2 rings (SSSR count). The second-order valence-corrected chi connectivity index (χ2v) is 4.31. The minimum atomic E-state index is 0.713. The largest absolute Gasteiger partial charge is 0.472 e. The lowest BCUT2D eigenvalue weighted by Gasteiger charge is -2.05. The topological polar surface area (TPSA) is 13.1 Å².